The Morgan fingerprint density at radius 3 is 1.92 bits per heavy atom. The summed E-state index contributed by atoms with van der Waals surface area (Å²) in [6.45, 7) is 17.5. The zero-order chi connectivity index (χ0) is 20.5. The molecule has 1 aliphatic rings. The van der Waals surface area contributed by atoms with Gasteiger partial charge in [-0.05, 0) is 53.4 Å². The Hall–Kier alpha value is -0.240. The highest BCUT2D eigenvalue weighted by Crippen LogP contribution is 2.38. The molecular formula is C20H40O6. The second-order valence-corrected chi connectivity index (χ2v) is 10.1. The van der Waals surface area contributed by atoms with Crippen molar-refractivity contribution in [2.75, 3.05) is 6.61 Å². The molecule has 0 aliphatic carbocycles. The van der Waals surface area contributed by atoms with Gasteiger partial charge in [-0.2, -0.15) is 0 Å². The summed E-state index contributed by atoms with van der Waals surface area (Å²) in [6, 6.07) is 0. The third kappa shape index (κ3) is 6.43. The zero-order valence-electron chi connectivity index (χ0n) is 17.9. The smallest absolute Gasteiger partial charge is 0.115 e. The van der Waals surface area contributed by atoms with Crippen LogP contribution >= 0.6 is 0 Å². The first-order chi connectivity index (χ1) is 11.6. The molecular weight excluding hydrogens is 336 g/mol. The highest BCUT2D eigenvalue weighted by molar-refractivity contribution is 5.00. The van der Waals surface area contributed by atoms with Gasteiger partial charge < -0.3 is 29.5 Å². The van der Waals surface area contributed by atoms with Gasteiger partial charge in [-0.15, -0.1) is 0 Å². The number of hydrogen-bond acceptors (Lipinski definition) is 6. The van der Waals surface area contributed by atoms with E-state index >= 15 is 0 Å². The third-order valence-corrected chi connectivity index (χ3v) is 4.47. The van der Waals surface area contributed by atoms with Crippen LogP contribution < -0.4 is 0 Å². The molecule has 0 aromatic rings. The second kappa shape index (κ2) is 8.41. The molecule has 6 nitrogen and oxygen atoms in total. The van der Waals surface area contributed by atoms with Crippen LogP contribution in [0.4, 0.5) is 0 Å². The molecule has 0 radical (unpaired) electrons. The van der Waals surface area contributed by atoms with Crippen LogP contribution in [0.25, 0.3) is 0 Å². The van der Waals surface area contributed by atoms with E-state index in [1.165, 1.54) is 0 Å². The fourth-order valence-electron chi connectivity index (χ4n) is 4.23. The van der Waals surface area contributed by atoms with E-state index in [1.54, 1.807) is 0 Å². The normalized spacial score (nSPS) is 31.5. The maximum atomic E-state index is 10.7. The average Bonchev–Trinajstić information content (AvgIpc) is 2.39. The zero-order valence-corrected chi connectivity index (χ0v) is 17.9. The summed E-state index contributed by atoms with van der Waals surface area (Å²) in [7, 11) is 0. The van der Waals surface area contributed by atoms with Crippen LogP contribution in [0.5, 0.6) is 0 Å². The van der Waals surface area contributed by atoms with E-state index in [4.69, 9.17) is 14.2 Å². The number of aliphatic hydroxyl groups excluding tert-OH is 3. The molecule has 0 amide bonds. The standard InChI is InChI=1S/C20H40O6/c1-12(2)24-16-13(10-21)25-17(15(23)14(16)22)20(8,9)26-19(6,7)11-18(3,4)5/h12-17,21-23H,10-11H2,1-9H3/t13?,14-,15?,16-,17-/m1/s1. The molecule has 26 heavy (non-hydrogen) atoms. The van der Waals surface area contributed by atoms with E-state index in [-0.39, 0.29) is 18.1 Å². The number of aliphatic hydroxyl groups is 3. The fourth-order valence-corrected chi connectivity index (χ4v) is 4.23. The van der Waals surface area contributed by atoms with Crippen molar-refractivity contribution in [1.82, 2.24) is 0 Å². The van der Waals surface area contributed by atoms with Crippen molar-refractivity contribution in [1.29, 1.82) is 0 Å². The molecule has 5 atom stereocenters. The first-order valence-corrected chi connectivity index (χ1v) is 9.58. The van der Waals surface area contributed by atoms with Gasteiger partial charge in [0, 0.05) is 0 Å². The molecule has 0 saturated carbocycles. The fraction of sp³-hybridized carbons (Fsp3) is 1.00. The molecule has 1 saturated heterocycles. The van der Waals surface area contributed by atoms with Crippen LogP contribution in [-0.2, 0) is 14.2 Å². The summed E-state index contributed by atoms with van der Waals surface area (Å²) in [4.78, 5) is 0. The summed E-state index contributed by atoms with van der Waals surface area (Å²) < 4.78 is 18.0. The number of hydrogen-bond donors (Lipinski definition) is 3. The molecule has 156 valence electrons. The number of rotatable bonds is 7. The van der Waals surface area contributed by atoms with Crippen LogP contribution in [0.3, 0.4) is 0 Å². The average molecular weight is 377 g/mol. The summed E-state index contributed by atoms with van der Waals surface area (Å²) in [5, 5.41) is 31.0. The number of ether oxygens (including phenoxy) is 3. The van der Waals surface area contributed by atoms with E-state index in [9.17, 15) is 15.3 Å². The lowest BCUT2D eigenvalue weighted by Gasteiger charge is -2.50. The van der Waals surface area contributed by atoms with E-state index in [0.29, 0.717) is 0 Å². The van der Waals surface area contributed by atoms with Crippen LogP contribution in [0, 0.1) is 5.41 Å². The van der Waals surface area contributed by atoms with E-state index in [2.05, 4.69) is 20.8 Å². The second-order valence-electron chi connectivity index (χ2n) is 10.1. The van der Waals surface area contributed by atoms with Gasteiger partial charge >= 0.3 is 0 Å². The summed E-state index contributed by atoms with van der Waals surface area (Å²) in [5.74, 6) is 0. The maximum absolute atomic E-state index is 10.7. The van der Waals surface area contributed by atoms with Crippen molar-refractivity contribution in [3.8, 4) is 0 Å². The summed E-state index contributed by atoms with van der Waals surface area (Å²) >= 11 is 0. The van der Waals surface area contributed by atoms with Crippen LogP contribution in [0.1, 0.15) is 68.7 Å². The van der Waals surface area contributed by atoms with Crippen LogP contribution in [0.15, 0.2) is 0 Å². The minimum Gasteiger partial charge on any atom is -0.394 e. The molecule has 6 heteroatoms. The Bertz CT molecular complexity index is 438. The van der Waals surface area contributed by atoms with Gasteiger partial charge in [0.25, 0.3) is 0 Å². The Kier molecular flexibility index (Phi) is 7.70. The molecule has 1 rings (SSSR count). The molecule has 2 unspecified atom stereocenters. The van der Waals surface area contributed by atoms with Crippen molar-refractivity contribution in [3.05, 3.63) is 0 Å². The van der Waals surface area contributed by atoms with Gasteiger partial charge in [-0.25, -0.2) is 0 Å². The van der Waals surface area contributed by atoms with Gasteiger partial charge in [0.2, 0.25) is 0 Å². The lowest BCUT2D eigenvalue weighted by molar-refractivity contribution is -0.297. The van der Waals surface area contributed by atoms with Gasteiger partial charge in [-0.1, -0.05) is 20.8 Å². The van der Waals surface area contributed by atoms with E-state index < -0.39 is 41.7 Å². The first-order valence-electron chi connectivity index (χ1n) is 9.58. The topological polar surface area (TPSA) is 88.4 Å². The SMILES string of the molecule is CC(C)O[C@@H]1C(CO)O[C@@H](C(C)(C)OC(C)(C)CC(C)(C)C)C(O)[C@H]1O. The van der Waals surface area contributed by atoms with Crippen molar-refractivity contribution in [2.24, 2.45) is 5.41 Å². The molecule has 0 bridgehead atoms. The quantitative estimate of drug-likeness (QED) is 0.632. The molecule has 0 aromatic carbocycles. The maximum Gasteiger partial charge on any atom is 0.115 e. The molecule has 0 aromatic heterocycles. The van der Waals surface area contributed by atoms with Crippen molar-refractivity contribution in [3.63, 3.8) is 0 Å². The lowest BCUT2D eigenvalue weighted by atomic mass is 9.82. The predicted octanol–water partition coefficient (Wildman–Crippen LogP) is 2.27. The van der Waals surface area contributed by atoms with Crippen LogP contribution in [-0.4, -0.2) is 69.8 Å². The Labute approximate surface area is 158 Å². The first kappa shape index (κ1) is 23.8. The molecule has 3 N–H and O–H groups in total. The van der Waals surface area contributed by atoms with Gasteiger partial charge in [0.1, 0.15) is 30.5 Å². The Balaban J connectivity index is 2.98. The van der Waals surface area contributed by atoms with E-state index in [1.807, 2.05) is 41.5 Å². The molecule has 1 heterocycles. The predicted molar refractivity (Wildman–Crippen MR) is 101 cm³/mol. The van der Waals surface area contributed by atoms with Crippen LogP contribution in [0.2, 0.25) is 0 Å². The lowest BCUT2D eigenvalue weighted by Crippen LogP contribution is -2.66. The highest BCUT2D eigenvalue weighted by Gasteiger charge is 2.52. The molecule has 1 fully saturated rings. The Morgan fingerprint density at radius 2 is 1.50 bits per heavy atom. The van der Waals surface area contributed by atoms with E-state index in [0.717, 1.165) is 6.42 Å². The minimum atomic E-state index is -1.18. The van der Waals surface area contributed by atoms with Crippen molar-refractivity contribution in [2.45, 2.75) is 117 Å². The minimum absolute atomic E-state index is 0.0783. The van der Waals surface area contributed by atoms with Gasteiger partial charge in [0.05, 0.1) is 23.9 Å². The summed E-state index contributed by atoms with van der Waals surface area (Å²) in [5.41, 5.74) is -1.24. The van der Waals surface area contributed by atoms with Crippen molar-refractivity contribution >= 4 is 0 Å². The molecule has 1 aliphatic heterocycles. The largest absolute Gasteiger partial charge is 0.394 e. The highest BCUT2D eigenvalue weighted by atomic mass is 16.6. The van der Waals surface area contributed by atoms with Crippen molar-refractivity contribution < 1.29 is 29.5 Å². The van der Waals surface area contributed by atoms with Gasteiger partial charge in [0.15, 0.2) is 0 Å². The summed E-state index contributed by atoms with van der Waals surface area (Å²) in [6.07, 6.45) is -3.99. The Morgan fingerprint density at radius 1 is 0.962 bits per heavy atom. The third-order valence-electron chi connectivity index (χ3n) is 4.47. The van der Waals surface area contributed by atoms with Gasteiger partial charge in [-0.3, -0.25) is 0 Å². The monoisotopic (exact) mass is 376 g/mol. The molecule has 0 spiro atoms.